The van der Waals surface area contributed by atoms with E-state index < -0.39 is 0 Å². The number of aliphatic hydroxyl groups excluding tert-OH is 1. The van der Waals surface area contributed by atoms with Gasteiger partial charge in [0.2, 0.25) is 0 Å². The fourth-order valence-electron chi connectivity index (χ4n) is 1.86. The topological polar surface area (TPSA) is 45.2 Å². The van der Waals surface area contributed by atoms with E-state index in [-0.39, 0.29) is 6.61 Å². The number of pyridine rings is 1. The molecule has 0 atom stereocenters. The van der Waals surface area contributed by atoms with Crippen LogP contribution < -0.4 is 5.32 Å². The maximum atomic E-state index is 9.23. The van der Waals surface area contributed by atoms with Gasteiger partial charge in [-0.3, -0.25) is 0 Å². The minimum absolute atomic E-state index is 0.0129. The molecule has 0 amide bonds. The molecule has 1 heterocycles. The van der Waals surface area contributed by atoms with Gasteiger partial charge in [0.25, 0.3) is 0 Å². The van der Waals surface area contributed by atoms with E-state index in [9.17, 15) is 5.11 Å². The molecule has 0 aliphatic carbocycles. The molecule has 0 aliphatic rings. The van der Waals surface area contributed by atoms with E-state index in [2.05, 4.69) is 42.3 Å². The molecule has 17 heavy (non-hydrogen) atoms. The SMILES string of the molecule is Cc1cc(C)cc(Nc2ncccc2CO)c1. The van der Waals surface area contributed by atoms with Crippen molar-refractivity contribution in [2.24, 2.45) is 0 Å². The van der Waals surface area contributed by atoms with Gasteiger partial charge in [-0.1, -0.05) is 12.1 Å². The highest BCUT2D eigenvalue weighted by molar-refractivity contribution is 5.60. The van der Waals surface area contributed by atoms with Crippen LogP contribution in [0.25, 0.3) is 0 Å². The standard InChI is InChI=1S/C14H16N2O/c1-10-6-11(2)8-13(7-10)16-14-12(9-17)4-3-5-15-14/h3-8,17H,9H2,1-2H3,(H,15,16). The number of benzene rings is 1. The third-order valence-electron chi connectivity index (χ3n) is 2.55. The summed E-state index contributed by atoms with van der Waals surface area (Å²) in [6, 6.07) is 9.92. The van der Waals surface area contributed by atoms with E-state index >= 15 is 0 Å². The lowest BCUT2D eigenvalue weighted by atomic mass is 10.1. The van der Waals surface area contributed by atoms with Gasteiger partial charge in [0, 0.05) is 17.4 Å². The third kappa shape index (κ3) is 2.82. The molecule has 88 valence electrons. The molecule has 0 bridgehead atoms. The molecule has 0 saturated carbocycles. The smallest absolute Gasteiger partial charge is 0.135 e. The molecule has 0 radical (unpaired) electrons. The van der Waals surface area contributed by atoms with Crippen LogP contribution in [0.15, 0.2) is 36.5 Å². The van der Waals surface area contributed by atoms with E-state index in [1.165, 1.54) is 11.1 Å². The summed E-state index contributed by atoms with van der Waals surface area (Å²) in [6.07, 6.45) is 1.71. The summed E-state index contributed by atoms with van der Waals surface area (Å²) in [4.78, 5) is 4.23. The van der Waals surface area contributed by atoms with Gasteiger partial charge in [-0.05, 0) is 43.2 Å². The predicted molar refractivity (Wildman–Crippen MR) is 69.4 cm³/mol. The van der Waals surface area contributed by atoms with Gasteiger partial charge in [-0.2, -0.15) is 0 Å². The van der Waals surface area contributed by atoms with Gasteiger partial charge in [0.05, 0.1) is 6.61 Å². The second-order valence-electron chi connectivity index (χ2n) is 4.17. The van der Waals surface area contributed by atoms with Crippen LogP contribution in [0.2, 0.25) is 0 Å². The average molecular weight is 228 g/mol. The zero-order valence-electron chi connectivity index (χ0n) is 10.1. The van der Waals surface area contributed by atoms with Crippen LogP contribution in [0, 0.1) is 13.8 Å². The summed E-state index contributed by atoms with van der Waals surface area (Å²) in [6.45, 7) is 4.11. The zero-order chi connectivity index (χ0) is 12.3. The van der Waals surface area contributed by atoms with Crippen LogP contribution in [0.5, 0.6) is 0 Å². The fraction of sp³-hybridized carbons (Fsp3) is 0.214. The lowest BCUT2D eigenvalue weighted by Gasteiger charge is -2.10. The maximum Gasteiger partial charge on any atom is 0.135 e. The molecule has 0 spiro atoms. The van der Waals surface area contributed by atoms with Crippen LogP contribution in [0.1, 0.15) is 16.7 Å². The number of nitrogens with one attached hydrogen (secondary N) is 1. The number of aliphatic hydroxyl groups is 1. The van der Waals surface area contributed by atoms with Crippen LogP contribution in [-0.4, -0.2) is 10.1 Å². The number of anilines is 2. The molecular formula is C14H16N2O. The van der Waals surface area contributed by atoms with Gasteiger partial charge < -0.3 is 10.4 Å². The first-order chi connectivity index (χ1) is 8.19. The molecule has 2 aromatic rings. The van der Waals surface area contributed by atoms with Gasteiger partial charge in [0.15, 0.2) is 0 Å². The Balaban J connectivity index is 2.31. The predicted octanol–water partition coefficient (Wildman–Crippen LogP) is 2.93. The zero-order valence-corrected chi connectivity index (χ0v) is 10.1. The van der Waals surface area contributed by atoms with Crippen LogP contribution in [0.4, 0.5) is 11.5 Å². The van der Waals surface area contributed by atoms with Crippen molar-refractivity contribution < 1.29 is 5.11 Å². The molecule has 2 N–H and O–H groups in total. The van der Waals surface area contributed by atoms with Gasteiger partial charge in [-0.25, -0.2) is 4.98 Å². The van der Waals surface area contributed by atoms with Gasteiger partial charge in [-0.15, -0.1) is 0 Å². The van der Waals surface area contributed by atoms with Gasteiger partial charge >= 0.3 is 0 Å². The van der Waals surface area contributed by atoms with E-state index in [0.29, 0.717) is 5.82 Å². The monoisotopic (exact) mass is 228 g/mol. The number of hydrogen-bond acceptors (Lipinski definition) is 3. The lowest BCUT2D eigenvalue weighted by molar-refractivity contribution is 0.282. The summed E-state index contributed by atoms with van der Waals surface area (Å²) in [7, 11) is 0. The number of nitrogens with zero attached hydrogens (tertiary/aromatic N) is 1. The minimum Gasteiger partial charge on any atom is -0.392 e. The number of aryl methyl sites for hydroxylation is 2. The summed E-state index contributed by atoms with van der Waals surface area (Å²) in [5, 5.41) is 12.5. The summed E-state index contributed by atoms with van der Waals surface area (Å²) < 4.78 is 0. The molecule has 3 heteroatoms. The Kier molecular flexibility index (Phi) is 3.40. The van der Waals surface area contributed by atoms with Crippen molar-refractivity contribution in [1.82, 2.24) is 4.98 Å². The molecule has 0 saturated heterocycles. The first-order valence-corrected chi connectivity index (χ1v) is 5.59. The fourth-order valence-corrected chi connectivity index (χ4v) is 1.86. The van der Waals surface area contributed by atoms with Crippen LogP contribution >= 0.6 is 0 Å². The number of aromatic nitrogens is 1. The van der Waals surface area contributed by atoms with E-state index in [1.54, 1.807) is 6.20 Å². The average Bonchev–Trinajstić information content (AvgIpc) is 2.28. The molecule has 0 aliphatic heterocycles. The van der Waals surface area contributed by atoms with Crippen molar-refractivity contribution in [1.29, 1.82) is 0 Å². The molecule has 3 nitrogen and oxygen atoms in total. The normalized spacial score (nSPS) is 10.3. The van der Waals surface area contributed by atoms with Gasteiger partial charge in [0.1, 0.15) is 5.82 Å². The highest BCUT2D eigenvalue weighted by Gasteiger charge is 2.03. The largest absolute Gasteiger partial charge is 0.392 e. The minimum atomic E-state index is -0.0129. The summed E-state index contributed by atoms with van der Waals surface area (Å²) in [5.41, 5.74) is 4.20. The van der Waals surface area contributed by atoms with Crippen molar-refractivity contribution in [3.63, 3.8) is 0 Å². The van der Waals surface area contributed by atoms with Crippen molar-refractivity contribution in [2.75, 3.05) is 5.32 Å². The lowest BCUT2D eigenvalue weighted by Crippen LogP contribution is -1.99. The van der Waals surface area contributed by atoms with Crippen molar-refractivity contribution in [2.45, 2.75) is 20.5 Å². The van der Waals surface area contributed by atoms with Crippen molar-refractivity contribution in [3.05, 3.63) is 53.2 Å². The third-order valence-corrected chi connectivity index (χ3v) is 2.55. The second kappa shape index (κ2) is 4.97. The first-order valence-electron chi connectivity index (χ1n) is 5.59. The van der Waals surface area contributed by atoms with Crippen molar-refractivity contribution in [3.8, 4) is 0 Å². The summed E-state index contributed by atoms with van der Waals surface area (Å²) in [5.74, 6) is 0.708. The first kappa shape index (κ1) is 11.6. The molecule has 0 fully saturated rings. The Morgan fingerprint density at radius 3 is 2.53 bits per heavy atom. The Morgan fingerprint density at radius 2 is 1.88 bits per heavy atom. The Morgan fingerprint density at radius 1 is 1.18 bits per heavy atom. The number of rotatable bonds is 3. The van der Waals surface area contributed by atoms with E-state index in [1.807, 2.05) is 12.1 Å². The Labute approximate surface area is 101 Å². The molecule has 2 rings (SSSR count). The van der Waals surface area contributed by atoms with E-state index in [0.717, 1.165) is 11.3 Å². The van der Waals surface area contributed by atoms with Crippen LogP contribution in [-0.2, 0) is 6.61 Å². The Bertz CT molecular complexity index is 503. The number of hydrogen-bond donors (Lipinski definition) is 2. The molecule has 1 aromatic carbocycles. The highest BCUT2D eigenvalue weighted by Crippen LogP contribution is 2.20. The highest BCUT2D eigenvalue weighted by atomic mass is 16.3. The molecule has 1 aromatic heterocycles. The Hall–Kier alpha value is -1.87. The molecular weight excluding hydrogens is 212 g/mol. The van der Waals surface area contributed by atoms with Crippen LogP contribution in [0.3, 0.4) is 0 Å². The van der Waals surface area contributed by atoms with E-state index in [4.69, 9.17) is 0 Å². The maximum absolute atomic E-state index is 9.23. The second-order valence-corrected chi connectivity index (χ2v) is 4.17. The quantitative estimate of drug-likeness (QED) is 0.849. The summed E-state index contributed by atoms with van der Waals surface area (Å²) >= 11 is 0. The molecule has 0 unspecified atom stereocenters. The van der Waals surface area contributed by atoms with Crippen molar-refractivity contribution >= 4 is 11.5 Å².